The molecule has 5 nitrogen and oxygen atoms in total. The summed E-state index contributed by atoms with van der Waals surface area (Å²) < 4.78 is 0. The molecule has 0 spiro atoms. The first kappa shape index (κ1) is 12.3. The summed E-state index contributed by atoms with van der Waals surface area (Å²) in [6.45, 7) is 1.45. The van der Waals surface area contributed by atoms with Gasteiger partial charge in [-0.05, 0) is 11.6 Å². The lowest BCUT2D eigenvalue weighted by molar-refractivity contribution is 0.117. The Balaban J connectivity index is 0.00000144. The van der Waals surface area contributed by atoms with Crippen molar-refractivity contribution in [3.8, 4) is 0 Å². The zero-order chi connectivity index (χ0) is 9.14. The molecule has 1 saturated heterocycles. The van der Waals surface area contributed by atoms with Crippen LogP contribution in [0.5, 0.6) is 0 Å². The Hall–Kier alpha value is -0.680. The lowest BCUT2D eigenvalue weighted by atomic mass is 10.3. The molecule has 1 aliphatic heterocycles. The molecule has 2 amide bonds. The summed E-state index contributed by atoms with van der Waals surface area (Å²) in [5.74, 6) is 0. The number of nitrogens with zero attached hydrogens (tertiary/aromatic N) is 2. The van der Waals surface area contributed by atoms with Crippen LogP contribution in [-0.2, 0) is 0 Å². The number of halogens is 2. The maximum Gasteiger partial charge on any atom is 0.407 e. The van der Waals surface area contributed by atoms with E-state index in [-0.39, 0.29) is 12.4 Å². The first-order chi connectivity index (χ1) is 5.61. The third-order valence-electron chi connectivity index (χ3n) is 1.80. The van der Waals surface area contributed by atoms with Crippen molar-refractivity contribution in [3.05, 3.63) is 0 Å². The number of rotatable bonds is 0. The van der Waals surface area contributed by atoms with E-state index in [1.807, 2.05) is 0 Å². The van der Waals surface area contributed by atoms with Crippen LogP contribution < -0.4 is 0 Å². The summed E-state index contributed by atoms with van der Waals surface area (Å²) in [6, 6.07) is 0. The topological polar surface area (TPSA) is 60.9 Å². The van der Waals surface area contributed by atoms with Crippen molar-refractivity contribution < 1.29 is 14.7 Å². The molecular weight excluding hydrogens is 219 g/mol. The van der Waals surface area contributed by atoms with Crippen LogP contribution in [0.1, 0.15) is 0 Å². The number of piperazine rings is 1. The summed E-state index contributed by atoms with van der Waals surface area (Å²) in [5.41, 5.74) is 0. The second-order valence-corrected chi connectivity index (χ2v) is 2.83. The summed E-state index contributed by atoms with van der Waals surface area (Å²) in [5, 5.41) is 8.04. The van der Waals surface area contributed by atoms with E-state index >= 15 is 0 Å². The van der Waals surface area contributed by atoms with Crippen molar-refractivity contribution >= 4 is 35.5 Å². The normalized spacial score (nSPS) is 16.4. The highest BCUT2D eigenvalue weighted by Crippen LogP contribution is 2.04. The van der Waals surface area contributed by atoms with Gasteiger partial charge in [0.1, 0.15) is 0 Å². The zero-order valence-electron chi connectivity index (χ0n) is 6.77. The van der Waals surface area contributed by atoms with Crippen molar-refractivity contribution in [2.75, 3.05) is 26.2 Å². The Morgan fingerprint density at radius 3 is 1.77 bits per heavy atom. The molecule has 0 unspecified atom stereocenters. The first-order valence-electron chi connectivity index (χ1n) is 3.53. The van der Waals surface area contributed by atoms with Gasteiger partial charge in [0.2, 0.25) is 0 Å². The molecule has 0 aromatic carbocycles. The van der Waals surface area contributed by atoms with Crippen LogP contribution in [-0.4, -0.2) is 52.5 Å². The van der Waals surface area contributed by atoms with Crippen LogP contribution in [0.3, 0.4) is 0 Å². The Kier molecular flexibility index (Phi) is 4.87. The minimum Gasteiger partial charge on any atom is -0.465 e. The summed E-state index contributed by atoms with van der Waals surface area (Å²) in [7, 11) is 0. The molecule has 1 fully saturated rings. The molecule has 1 aliphatic rings. The number of carbonyl (C=O) groups is 2. The van der Waals surface area contributed by atoms with E-state index in [1.165, 1.54) is 9.80 Å². The molecule has 0 radical (unpaired) electrons. The minimum atomic E-state index is -0.948. The number of amides is 2. The van der Waals surface area contributed by atoms with Crippen LogP contribution in [0.25, 0.3) is 0 Å². The highest BCUT2D eigenvalue weighted by atomic mass is 35.5. The van der Waals surface area contributed by atoms with Gasteiger partial charge < -0.3 is 14.9 Å². The van der Waals surface area contributed by atoms with Gasteiger partial charge >= 0.3 is 11.5 Å². The van der Waals surface area contributed by atoms with E-state index in [9.17, 15) is 9.59 Å². The number of hydrogen-bond acceptors (Lipinski definition) is 2. The fourth-order valence-electron chi connectivity index (χ4n) is 1.07. The van der Waals surface area contributed by atoms with Gasteiger partial charge in [0.05, 0.1) is 0 Å². The smallest absolute Gasteiger partial charge is 0.407 e. The maximum atomic E-state index is 10.6. The zero-order valence-corrected chi connectivity index (χ0v) is 8.35. The van der Waals surface area contributed by atoms with Crippen molar-refractivity contribution in [3.63, 3.8) is 0 Å². The Morgan fingerprint density at radius 2 is 1.46 bits per heavy atom. The fourth-order valence-corrected chi connectivity index (χ4v) is 1.24. The molecule has 0 aliphatic carbocycles. The molecule has 7 heteroatoms. The van der Waals surface area contributed by atoms with Crippen molar-refractivity contribution in [2.24, 2.45) is 0 Å². The lowest BCUT2D eigenvalue weighted by Crippen LogP contribution is -2.48. The van der Waals surface area contributed by atoms with Crippen molar-refractivity contribution in [1.29, 1.82) is 0 Å². The largest absolute Gasteiger partial charge is 0.465 e. The van der Waals surface area contributed by atoms with Crippen LogP contribution in [0.15, 0.2) is 0 Å². The highest BCUT2D eigenvalue weighted by molar-refractivity contribution is 6.62. The summed E-state index contributed by atoms with van der Waals surface area (Å²) >= 11 is 5.20. The lowest BCUT2D eigenvalue weighted by Gasteiger charge is -2.31. The maximum absolute atomic E-state index is 10.6. The minimum absolute atomic E-state index is 0. The van der Waals surface area contributed by atoms with Crippen molar-refractivity contribution in [2.45, 2.75) is 0 Å². The predicted octanol–water partition coefficient (Wildman–Crippen LogP) is 1.06. The van der Waals surface area contributed by atoms with Gasteiger partial charge in [-0.1, -0.05) is 0 Å². The van der Waals surface area contributed by atoms with E-state index in [0.29, 0.717) is 26.2 Å². The standard InChI is InChI=1S/C6H9ClN2O3.ClH/c7-5(10)8-1-3-9(4-2-8)6(11)12;/h1-4H2,(H,11,12);1H. The summed E-state index contributed by atoms with van der Waals surface area (Å²) in [4.78, 5) is 23.7. The SMILES string of the molecule is Cl.O=C(O)N1CCN(C(=O)Cl)CC1. The van der Waals surface area contributed by atoms with Gasteiger partial charge in [-0.15, -0.1) is 12.4 Å². The molecule has 1 rings (SSSR count). The number of carboxylic acid groups (broad SMARTS) is 1. The highest BCUT2D eigenvalue weighted by Gasteiger charge is 2.22. The van der Waals surface area contributed by atoms with Gasteiger partial charge in [0.15, 0.2) is 0 Å². The molecule has 13 heavy (non-hydrogen) atoms. The Labute approximate surface area is 86.7 Å². The van der Waals surface area contributed by atoms with E-state index in [2.05, 4.69) is 0 Å². The van der Waals surface area contributed by atoms with E-state index in [4.69, 9.17) is 16.7 Å². The average molecular weight is 229 g/mol. The van der Waals surface area contributed by atoms with Crippen LogP contribution in [0.2, 0.25) is 0 Å². The Bertz CT molecular complexity index is 182. The fraction of sp³-hybridized carbons (Fsp3) is 0.667. The van der Waals surface area contributed by atoms with E-state index in [0.717, 1.165) is 0 Å². The van der Waals surface area contributed by atoms with Gasteiger partial charge in [-0.25, -0.2) is 4.79 Å². The molecule has 1 heterocycles. The molecule has 0 saturated carbocycles. The summed E-state index contributed by atoms with van der Waals surface area (Å²) in [6.07, 6.45) is -0.948. The second-order valence-electron chi connectivity index (χ2n) is 2.51. The quantitative estimate of drug-likeness (QED) is 0.499. The third kappa shape index (κ3) is 3.28. The molecule has 0 aromatic rings. The first-order valence-corrected chi connectivity index (χ1v) is 3.91. The average Bonchev–Trinajstić information content (AvgIpc) is 2.04. The van der Waals surface area contributed by atoms with E-state index < -0.39 is 11.5 Å². The van der Waals surface area contributed by atoms with Crippen LogP contribution >= 0.6 is 24.0 Å². The van der Waals surface area contributed by atoms with E-state index in [1.54, 1.807) is 0 Å². The molecule has 1 N–H and O–H groups in total. The predicted molar refractivity (Wildman–Crippen MR) is 49.7 cm³/mol. The van der Waals surface area contributed by atoms with Crippen molar-refractivity contribution in [1.82, 2.24) is 9.80 Å². The van der Waals surface area contributed by atoms with Crippen LogP contribution in [0, 0.1) is 0 Å². The van der Waals surface area contributed by atoms with Gasteiger partial charge in [0, 0.05) is 26.2 Å². The number of hydrogen-bond donors (Lipinski definition) is 1. The molecular formula is C6H10Cl2N2O3. The molecule has 0 bridgehead atoms. The molecule has 76 valence electrons. The monoisotopic (exact) mass is 228 g/mol. The second kappa shape index (κ2) is 5.14. The van der Waals surface area contributed by atoms with Crippen LogP contribution in [0.4, 0.5) is 9.59 Å². The molecule has 0 aromatic heterocycles. The molecule has 0 atom stereocenters. The Morgan fingerprint density at radius 1 is 1.08 bits per heavy atom. The number of carbonyl (C=O) groups excluding carboxylic acids is 1. The van der Waals surface area contributed by atoms with Gasteiger partial charge in [-0.2, -0.15) is 0 Å². The van der Waals surface area contributed by atoms with Gasteiger partial charge in [0.25, 0.3) is 0 Å². The third-order valence-corrected chi connectivity index (χ3v) is 2.04. The van der Waals surface area contributed by atoms with Gasteiger partial charge in [-0.3, -0.25) is 4.79 Å².